The van der Waals surface area contributed by atoms with Crippen LogP contribution in [0.3, 0.4) is 0 Å². The van der Waals surface area contributed by atoms with Crippen LogP contribution in [0.5, 0.6) is 0 Å². The molecule has 0 aromatic carbocycles. The number of furan rings is 1. The van der Waals surface area contributed by atoms with E-state index >= 15 is 0 Å². The Labute approximate surface area is 159 Å². The van der Waals surface area contributed by atoms with Gasteiger partial charge in [-0.15, -0.1) is 0 Å². The van der Waals surface area contributed by atoms with E-state index in [4.69, 9.17) is 4.42 Å². The van der Waals surface area contributed by atoms with Gasteiger partial charge in [0.25, 0.3) is 0 Å². The summed E-state index contributed by atoms with van der Waals surface area (Å²) in [5.41, 5.74) is 0.919. The molecule has 2 heterocycles. The van der Waals surface area contributed by atoms with Gasteiger partial charge in [0.2, 0.25) is 0 Å². The average molecular weight is 363 g/mol. The van der Waals surface area contributed by atoms with Gasteiger partial charge in [-0.1, -0.05) is 71.1 Å². The number of nitrogens with zero attached hydrogens (tertiary/aromatic N) is 2. The summed E-state index contributed by atoms with van der Waals surface area (Å²) in [6, 6.07) is 3.64. The van der Waals surface area contributed by atoms with Crippen molar-refractivity contribution in [2.24, 2.45) is 0 Å². The molecule has 4 nitrogen and oxygen atoms in total. The van der Waals surface area contributed by atoms with Crippen molar-refractivity contribution < 1.29 is 9.52 Å². The van der Waals surface area contributed by atoms with E-state index in [0.29, 0.717) is 5.76 Å². The van der Waals surface area contributed by atoms with E-state index < -0.39 is 6.10 Å². The first-order valence-electron chi connectivity index (χ1n) is 10.6. The summed E-state index contributed by atoms with van der Waals surface area (Å²) in [4.78, 5) is 4.40. The van der Waals surface area contributed by atoms with Crippen molar-refractivity contribution >= 4 is 0 Å². The Morgan fingerprint density at radius 2 is 1.62 bits per heavy atom. The van der Waals surface area contributed by atoms with Gasteiger partial charge in [-0.25, -0.2) is 0 Å². The van der Waals surface area contributed by atoms with Crippen molar-refractivity contribution in [2.45, 2.75) is 83.7 Å². The topological polar surface area (TPSA) is 39.9 Å². The number of aliphatic hydroxyl groups excluding tert-OH is 1. The Balaban J connectivity index is 1.52. The summed E-state index contributed by atoms with van der Waals surface area (Å²) >= 11 is 0. The van der Waals surface area contributed by atoms with Gasteiger partial charge in [0.05, 0.1) is 18.6 Å². The van der Waals surface area contributed by atoms with Crippen molar-refractivity contribution in [3.63, 3.8) is 0 Å². The second kappa shape index (κ2) is 12.1. The molecule has 4 heteroatoms. The van der Waals surface area contributed by atoms with Crippen LogP contribution in [0.25, 0.3) is 0 Å². The van der Waals surface area contributed by atoms with E-state index in [9.17, 15) is 5.11 Å². The highest BCUT2D eigenvalue weighted by Crippen LogP contribution is 2.28. The molecule has 148 valence electrons. The number of likely N-dealkylation sites (N-methyl/N-ethyl adjacent to an activating group) is 1. The van der Waals surface area contributed by atoms with Gasteiger partial charge in [-0.05, 0) is 18.6 Å². The van der Waals surface area contributed by atoms with Crippen LogP contribution in [0.15, 0.2) is 34.7 Å². The van der Waals surface area contributed by atoms with Crippen LogP contribution in [0.1, 0.15) is 89.4 Å². The molecule has 2 rings (SSSR count). The van der Waals surface area contributed by atoms with Gasteiger partial charge >= 0.3 is 0 Å². The highest BCUT2D eigenvalue weighted by Gasteiger charge is 2.25. The molecule has 1 atom stereocenters. The molecule has 0 spiro atoms. The third kappa shape index (κ3) is 7.06. The minimum atomic E-state index is -0.669. The standard InChI is InChI=1S/C22H38N2O2/c1-3-4-5-6-7-8-9-10-11-12-13-16-24-18-20(23(2)19-24)22(25)21-15-14-17-26-21/h14-15,17-18,22,25H,3-13,16,19H2,1-2H3. The molecular weight excluding hydrogens is 324 g/mol. The second-order valence-electron chi connectivity index (χ2n) is 7.66. The van der Waals surface area contributed by atoms with Crippen LogP contribution >= 0.6 is 0 Å². The highest BCUT2D eigenvalue weighted by atomic mass is 16.4. The fraction of sp³-hybridized carbons (Fsp3) is 0.727. The van der Waals surface area contributed by atoms with Crippen LogP contribution in [0.4, 0.5) is 0 Å². The van der Waals surface area contributed by atoms with Crippen molar-refractivity contribution in [3.8, 4) is 0 Å². The van der Waals surface area contributed by atoms with E-state index in [1.54, 1.807) is 6.26 Å². The van der Waals surface area contributed by atoms with Gasteiger partial charge in [-0.3, -0.25) is 0 Å². The third-order valence-electron chi connectivity index (χ3n) is 5.29. The molecule has 0 aliphatic carbocycles. The Bertz CT molecular complexity index is 498. The predicted molar refractivity (Wildman–Crippen MR) is 108 cm³/mol. The summed E-state index contributed by atoms with van der Waals surface area (Å²) < 4.78 is 5.33. The van der Waals surface area contributed by atoms with Crippen LogP contribution in [0.2, 0.25) is 0 Å². The second-order valence-corrected chi connectivity index (χ2v) is 7.66. The molecule has 1 aliphatic heterocycles. The van der Waals surface area contributed by atoms with Crippen molar-refractivity contribution in [1.82, 2.24) is 9.80 Å². The van der Waals surface area contributed by atoms with Gasteiger partial charge in [0, 0.05) is 19.8 Å². The van der Waals surface area contributed by atoms with Gasteiger partial charge in [0.15, 0.2) is 6.10 Å². The van der Waals surface area contributed by atoms with Gasteiger partial charge < -0.3 is 19.3 Å². The zero-order valence-corrected chi connectivity index (χ0v) is 16.8. The Morgan fingerprint density at radius 3 is 2.19 bits per heavy atom. The number of rotatable bonds is 14. The first-order valence-corrected chi connectivity index (χ1v) is 10.6. The minimum absolute atomic E-state index is 0.611. The summed E-state index contributed by atoms with van der Waals surface area (Å²) in [5.74, 6) is 0.611. The first kappa shape index (κ1) is 20.9. The number of hydrogen-bond acceptors (Lipinski definition) is 4. The zero-order chi connectivity index (χ0) is 18.6. The van der Waals surface area contributed by atoms with Crippen molar-refractivity contribution in [2.75, 3.05) is 20.3 Å². The monoisotopic (exact) mass is 362 g/mol. The van der Waals surface area contributed by atoms with Crippen LogP contribution in [-0.4, -0.2) is 35.2 Å². The maximum Gasteiger partial charge on any atom is 0.153 e. The molecule has 0 amide bonds. The third-order valence-corrected chi connectivity index (χ3v) is 5.29. The Kier molecular flexibility index (Phi) is 9.68. The maximum atomic E-state index is 10.4. The van der Waals surface area contributed by atoms with Gasteiger partial charge in [-0.2, -0.15) is 0 Å². The molecule has 0 bridgehead atoms. The lowest BCUT2D eigenvalue weighted by atomic mass is 10.1. The maximum absolute atomic E-state index is 10.4. The molecule has 1 aromatic rings. The fourth-order valence-electron chi connectivity index (χ4n) is 3.67. The quantitative estimate of drug-likeness (QED) is 0.433. The van der Waals surface area contributed by atoms with E-state index in [1.165, 1.54) is 70.6 Å². The highest BCUT2D eigenvalue weighted by molar-refractivity contribution is 5.19. The van der Waals surface area contributed by atoms with Crippen molar-refractivity contribution in [3.05, 3.63) is 36.1 Å². The molecule has 0 saturated heterocycles. The molecule has 1 aromatic heterocycles. The van der Waals surface area contributed by atoms with Gasteiger partial charge in [0.1, 0.15) is 5.76 Å². The number of aliphatic hydroxyl groups is 1. The molecule has 1 aliphatic rings. The molecule has 0 radical (unpaired) electrons. The summed E-state index contributed by atoms with van der Waals surface area (Å²) in [6.45, 7) is 4.19. The average Bonchev–Trinajstić information content (AvgIpc) is 3.29. The summed E-state index contributed by atoms with van der Waals surface area (Å²) in [5, 5.41) is 10.4. The smallest absolute Gasteiger partial charge is 0.153 e. The molecule has 1 N–H and O–H groups in total. The largest absolute Gasteiger partial charge is 0.466 e. The van der Waals surface area contributed by atoms with Crippen LogP contribution in [0, 0.1) is 0 Å². The van der Waals surface area contributed by atoms with Crippen LogP contribution in [-0.2, 0) is 0 Å². The lowest BCUT2D eigenvalue weighted by Gasteiger charge is -2.20. The fourth-order valence-corrected chi connectivity index (χ4v) is 3.67. The molecule has 0 fully saturated rings. The number of hydrogen-bond donors (Lipinski definition) is 1. The number of unbranched alkanes of at least 4 members (excludes halogenated alkanes) is 10. The molecule has 26 heavy (non-hydrogen) atoms. The summed E-state index contributed by atoms with van der Waals surface area (Å²) in [7, 11) is 2.03. The summed E-state index contributed by atoms with van der Waals surface area (Å²) in [6.07, 6.45) is 18.1. The van der Waals surface area contributed by atoms with Crippen LogP contribution < -0.4 is 0 Å². The van der Waals surface area contributed by atoms with E-state index in [2.05, 4.69) is 22.9 Å². The Hall–Kier alpha value is -1.42. The van der Waals surface area contributed by atoms with E-state index in [0.717, 1.165) is 18.9 Å². The molecular formula is C22H38N2O2. The van der Waals surface area contributed by atoms with E-state index in [1.807, 2.05) is 19.2 Å². The van der Waals surface area contributed by atoms with E-state index in [-0.39, 0.29) is 0 Å². The Morgan fingerprint density at radius 1 is 1.00 bits per heavy atom. The zero-order valence-electron chi connectivity index (χ0n) is 16.8. The lowest BCUT2D eigenvalue weighted by molar-refractivity contribution is 0.151. The lowest BCUT2D eigenvalue weighted by Crippen LogP contribution is -2.25. The minimum Gasteiger partial charge on any atom is -0.466 e. The predicted octanol–water partition coefficient (Wildman–Crippen LogP) is 5.67. The molecule has 1 unspecified atom stereocenters. The molecule has 0 saturated carbocycles. The first-order chi connectivity index (χ1) is 12.7. The normalized spacial score (nSPS) is 15.6. The SMILES string of the molecule is CCCCCCCCCCCCCN1C=C(C(O)c2ccco2)N(C)C1. The van der Waals surface area contributed by atoms with Crippen molar-refractivity contribution in [1.29, 1.82) is 0 Å².